The van der Waals surface area contributed by atoms with Crippen molar-refractivity contribution in [2.75, 3.05) is 7.11 Å². The highest BCUT2D eigenvalue weighted by molar-refractivity contribution is 14.1. The summed E-state index contributed by atoms with van der Waals surface area (Å²) in [5.41, 5.74) is 1.42. The summed E-state index contributed by atoms with van der Waals surface area (Å²) in [6, 6.07) is 3.43. The zero-order valence-corrected chi connectivity index (χ0v) is 10.1. The summed E-state index contributed by atoms with van der Waals surface area (Å²) in [6.07, 6.45) is 0. The molecule has 0 aromatic heterocycles. The molecule has 4 heteroatoms. The fourth-order valence-electron chi connectivity index (χ4n) is 0.962. The molecule has 0 unspecified atom stereocenters. The Kier molecular flexibility index (Phi) is 3.55. The molecule has 0 aliphatic rings. The predicted octanol–water partition coefficient (Wildman–Crippen LogP) is 3.04. The molecule has 2 nitrogen and oxygen atoms in total. The second-order valence-corrected chi connectivity index (χ2v) is 4.12. The van der Waals surface area contributed by atoms with Gasteiger partial charge >= 0.3 is 5.97 Å². The minimum absolute atomic E-state index is 0.335. The lowest BCUT2D eigenvalue weighted by atomic mass is 10.1. The molecule has 0 bridgehead atoms. The molecule has 0 radical (unpaired) electrons. The Morgan fingerprint density at radius 1 is 1.54 bits per heavy atom. The Balaban J connectivity index is 3.20. The van der Waals surface area contributed by atoms with Crippen LogP contribution in [0.1, 0.15) is 15.9 Å². The van der Waals surface area contributed by atoms with Crippen molar-refractivity contribution in [3.63, 3.8) is 0 Å². The van der Waals surface area contributed by atoms with Crippen LogP contribution in [0.15, 0.2) is 12.1 Å². The molecule has 70 valence electrons. The maximum atomic E-state index is 11.2. The average Bonchev–Trinajstić information content (AvgIpc) is 2.12. The van der Waals surface area contributed by atoms with E-state index in [0.29, 0.717) is 10.6 Å². The van der Waals surface area contributed by atoms with Gasteiger partial charge in [-0.2, -0.15) is 0 Å². The number of aryl methyl sites for hydroxylation is 1. The maximum absolute atomic E-state index is 11.2. The normalized spacial score (nSPS) is 9.85. The second-order valence-electron chi connectivity index (χ2n) is 2.58. The van der Waals surface area contributed by atoms with Crippen LogP contribution in [0.3, 0.4) is 0 Å². The second kappa shape index (κ2) is 4.28. The van der Waals surface area contributed by atoms with Crippen molar-refractivity contribution in [1.82, 2.24) is 0 Å². The van der Waals surface area contributed by atoms with Crippen LogP contribution in [0.5, 0.6) is 0 Å². The molecule has 0 amide bonds. The number of benzene rings is 1. The summed E-state index contributed by atoms with van der Waals surface area (Å²) in [5, 5.41) is 0.688. The molecule has 0 saturated heterocycles. The third kappa shape index (κ3) is 2.34. The van der Waals surface area contributed by atoms with Gasteiger partial charge in [0.1, 0.15) is 0 Å². The summed E-state index contributed by atoms with van der Waals surface area (Å²) in [6.45, 7) is 1.86. The molecule has 0 saturated carbocycles. The molecule has 0 fully saturated rings. The highest BCUT2D eigenvalue weighted by Gasteiger charge is 2.09. The van der Waals surface area contributed by atoms with E-state index in [2.05, 4.69) is 27.3 Å². The number of ether oxygens (including phenoxy) is 1. The third-order valence-electron chi connectivity index (χ3n) is 1.63. The SMILES string of the molecule is COC(=O)c1cc(C)c(Cl)c(I)c1. The number of halogens is 2. The lowest BCUT2D eigenvalue weighted by Gasteiger charge is -2.04. The van der Waals surface area contributed by atoms with E-state index in [4.69, 9.17) is 11.6 Å². The molecule has 13 heavy (non-hydrogen) atoms. The summed E-state index contributed by atoms with van der Waals surface area (Å²) in [5.74, 6) is -0.335. The van der Waals surface area contributed by atoms with Gasteiger partial charge in [-0.25, -0.2) is 4.79 Å². The Bertz CT molecular complexity index is 326. The number of methoxy groups -OCH3 is 1. The van der Waals surface area contributed by atoms with E-state index in [1.807, 2.05) is 6.92 Å². The molecule has 0 heterocycles. The zero-order valence-electron chi connectivity index (χ0n) is 7.23. The van der Waals surface area contributed by atoms with Crippen LogP contribution in [0.2, 0.25) is 5.02 Å². The largest absolute Gasteiger partial charge is 0.465 e. The lowest BCUT2D eigenvalue weighted by Crippen LogP contribution is -2.02. The molecule has 1 aromatic rings. The van der Waals surface area contributed by atoms with E-state index in [-0.39, 0.29) is 5.97 Å². The number of hydrogen-bond acceptors (Lipinski definition) is 2. The summed E-state index contributed by atoms with van der Waals surface area (Å²) >= 11 is 8.02. The van der Waals surface area contributed by atoms with Crippen LogP contribution in [-0.2, 0) is 4.74 Å². The van der Waals surface area contributed by atoms with Gasteiger partial charge in [-0.1, -0.05) is 11.6 Å². The molecule has 0 atom stereocenters. The minimum atomic E-state index is -0.335. The van der Waals surface area contributed by atoms with Crippen molar-refractivity contribution in [3.05, 3.63) is 31.9 Å². The quantitative estimate of drug-likeness (QED) is 0.589. The van der Waals surface area contributed by atoms with E-state index < -0.39 is 0 Å². The summed E-state index contributed by atoms with van der Waals surface area (Å²) in [4.78, 5) is 11.2. The molecule has 1 aromatic carbocycles. The van der Waals surface area contributed by atoms with Gasteiger partial charge in [-0.05, 0) is 47.2 Å². The summed E-state index contributed by atoms with van der Waals surface area (Å²) < 4.78 is 5.46. The number of hydrogen-bond donors (Lipinski definition) is 0. The topological polar surface area (TPSA) is 26.3 Å². The van der Waals surface area contributed by atoms with Gasteiger partial charge in [0.2, 0.25) is 0 Å². The Labute approximate surface area is 95.4 Å². The predicted molar refractivity (Wildman–Crippen MR) is 60.2 cm³/mol. The van der Waals surface area contributed by atoms with Crippen LogP contribution in [0, 0.1) is 10.5 Å². The maximum Gasteiger partial charge on any atom is 0.337 e. The van der Waals surface area contributed by atoms with Gasteiger partial charge < -0.3 is 4.74 Å². The smallest absolute Gasteiger partial charge is 0.337 e. The Hall–Kier alpha value is -0.290. The van der Waals surface area contributed by atoms with Crippen molar-refractivity contribution < 1.29 is 9.53 Å². The van der Waals surface area contributed by atoms with E-state index in [0.717, 1.165) is 9.13 Å². The molecule has 0 aliphatic carbocycles. The van der Waals surface area contributed by atoms with Gasteiger partial charge in [0.05, 0.1) is 17.7 Å². The molecule has 0 spiro atoms. The van der Waals surface area contributed by atoms with Crippen LogP contribution in [-0.4, -0.2) is 13.1 Å². The highest BCUT2D eigenvalue weighted by atomic mass is 127. The molecular weight excluding hydrogens is 302 g/mol. The van der Waals surface area contributed by atoms with Crippen molar-refractivity contribution in [3.8, 4) is 0 Å². The first-order chi connectivity index (χ1) is 6.06. The first kappa shape index (κ1) is 10.8. The Morgan fingerprint density at radius 3 is 2.62 bits per heavy atom. The van der Waals surface area contributed by atoms with E-state index in [1.165, 1.54) is 7.11 Å². The number of esters is 1. The van der Waals surface area contributed by atoms with Gasteiger partial charge in [0.15, 0.2) is 0 Å². The number of carbonyl (C=O) groups excluding carboxylic acids is 1. The van der Waals surface area contributed by atoms with Gasteiger partial charge in [0, 0.05) is 3.57 Å². The van der Waals surface area contributed by atoms with Crippen molar-refractivity contribution in [2.24, 2.45) is 0 Å². The Morgan fingerprint density at radius 2 is 2.15 bits per heavy atom. The minimum Gasteiger partial charge on any atom is -0.465 e. The molecule has 0 aliphatic heterocycles. The average molecular weight is 311 g/mol. The number of rotatable bonds is 1. The van der Waals surface area contributed by atoms with Crippen LogP contribution in [0.25, 0.3) is 0 Å². The lowest BCUT2D eigenvalue weighted by molar-refractivity contribution is 0.0600. The van der Waals surface area contributed by atoms with Crippen LogP contribution in [0.4, 0.5) is 0 Å². The van der Waals surface area contributed by atoms with Crippen molar-refractivity contribution >= 4 is 40.2 Å². The van der Waals surface area contributed by atoms with Gasteiger partial charge in [-0.3, -0.25) is 0 Å². The highest BCUT2D eigenvalue weighted by Crippen LogP contribution is 2.24. The first-order valence-electron chi connectivity index (χ1n) is 3.60. The zero-order chi connectivity index (χ0) is 10.0. The third-order valence-corrected chi connectivity index (χ3v) is 3.30. The molecular formula is C9H8ClIO2. The van der Waals surface area contributed by atoms with Gasteiger partial charge in [0.25, 0.3) is 0 Å². The number of carbonyl (C=O) groups is 1. The fourth-order valence-corrected chi connectivity index (χ4v) is 1.83. The van der Waals surface area contributed by atoms with Crippen LogP contribution < -0.4 is 0 Å². The molecule has 1 rings (SSSR count). The van der Waals surface area contributed by atoms with Crippen molar-refractivity contribution in [1.29, 1.82) is 0 Å². The van der Waals surface area contributed by atoms with E-state index >= 15 is 0 Å². The van der Waals surface area contributed by atoms with Crippen molar-refractivity contribution in [2.45, 2.75) is 6.92 Å². The van der Waals surface area contributed by atoms with Gasteiger partial charge in [-0.15, -0.1) is 0 Å². The standard InChI is InChI=1S/C9H8ClIO2/c1-5-3-6(9(12)13-2)4-7(11)8(5)10/h3-4H,1-2H3. The molecule has 0 N–H and O–H groups in total. The van der Waals surface area contributed by atoms with E-state index in [1.54, 1.807) is 12.1 Å². The van der Waals surface area contributed by atoms with E-state index in [9.17, 15) is 4.79 Å². The van der Waals surface area contributed by atoms with Crippen LogP contribution >= 0.6 is 34.2 Å². The first-order valence-corrected chi connectivity index (χ1v) is 5.06. The monoisotopic (exact) mass is 310 g/mol. The fraction of sp³-hybridized carbons (Fsp3) is 0.222. The summed E-state index contributed by atoms with van der Waals surface area (Å²) in [7, 11) is 1.36.